The van der Waals surface area contributed by atoms with Crippen molar-refractivity contribution < 1.29 is 28.8 Å². The summed E-state index contributed by atoms with van der Waals surface area (Å²) < 4.78 is 27.0. The van der Waals surface area contributed by atoms with Gasteiger partial charge in [-0.25, -0.2) is 4.68 Å². The smallest absolute Gasteiger partial charge is 0.286 e. The van der Waals surface area contributed by atoms with Crippen LogP contribution in [0.15, 0.2) is 47.0 Å². The highest BCUT2D eigenvalue weighted by molar-refractivity contribution is 5.92. The SMILES string of the molecule is CCO[C@H]1OC(C(=O)NC2CC3CCC2C3)=C[C@@H](c2c(C)n(C)n(-c3ccccc3)c2=O)[C@H]1CCOCCOCCO. The van der Waals surface area contributed by atoms with Gasteiger partial charge in [0.1, 0.15) is 0 Å². The van der Waals surface area contributed by atoms with Gasteiger partial charge in [-0.3, -0.25) is 14.3 Å². The molecule has 1 amide bonds. The molecule has 1 aromatic carbocycles. The molecule has 2 N–H and O–H groups in total. The van der Waals surface area contributed by atoms with Gasteiger partial charge in [0.05, 0.1) is 32.1 Å². The molecule has 2 aromatic rings. The van der Waals surface area contributed by atoms with Crippen LogP contribution in [0.3, 0.4) is 0 Å². The van der Waals surface area contributed by atoms with Crippen molar-refractivity contribution >= 4 is 5.91 Å². The Bertz CT molecular complexity index is 1290. The number of hydrogen-bond acceptors (Lipinski definition) is 7. The molecule has 10 nitrogen and oxygen atoms in total. The summed E-state index contributed by atoms with van der Waals surface area (Å²) in [5.74, 6) is 0.517. The van der Waals surface area contributed by atoms with Gasteiger partial charge in [0, 0.05) is 49.4 Å². The lowest BCUT2D eigenvalue weighted by Gasteiger charge is -2.37. The third-order valence-electron chi connectivity index (χ3n) is 9.13. The Kier molecular flexibility index (Phi) is 10.2. The average Bonchev–Trinajstić information content (AvgIpc) is 3.67. The number of allylic oxidation sites excluding steroid dienone is 1. The van der Waals surface area contributed by atoms with Gasteiger partial charge in [-0.15, -0.1) is 0 Å². The number of para-hydroxylation sites is 1. The number of benzene rings is 1. The summed E-state index contributed by atoms with van der Waals surface area (Å²) in [6.07, 6.45) is 6.27. The number of nitrogens with one attached hydrogen (secondary N) is 1. The van der Waals surface area contributed by atoms with Crippen molar-refractivity contribution in [1.29, 1.82) is 0 Å². The number of fused-ring (bicyclic) bond motifs is 2. The van der Waals surface area contributed by atoms with E-state index < -0.39 is 12.2 Å². The van der Waals surface area contributed by atoms with Crippen LogP contribution in [-0.4, -0.2) is 72.4 Å². The fourth-order valence-corrected chi connectivity index (χ4v) is 7.01. The van der Waals surface area contributed by atoms with Crippen molar-refractivity contribution in [3.8, 4) is 5.69 Å². The van der Waals surface area contributed by atoms with Crippen LogP contribution in [-0.2, 0) is 30.8 Å². The summed E-state index contributed by atoms with van der Waals surface area (Å²) in [5, 5.41) is 12.2. The standard InChI is InChI=1S/C32H45N3O7/c1-4-41-32-25(12-14-39-16-17-40-15-13-36)26(20-28(42-32)30(37)33-27-19-22-10-11-23(27)18-22)29-21(2)34(3)35(31(29)38)24-8-6-5-7-9-24/h5-9,20,22-23,25-27,32,36H,4,10-19H2,1-3H3,(H,33,37)/t22?,23?,25-,26-,27?,32+/m1/s1. The van der Waals surface area contributed by atoms with Crippen LogP contribution in [0, 0.1) is 24.7 Å². The summed E-state index contributed by atoms with van der Waals surface area (Å²) in [7, 11) is 1.88. The van der Waals surface area contributed by atoms with Crippen molar-refractivity contribution in [3.63, 3.8) is 0 Å². The lowest BCUT2D eigenvalue weighted by Crippen LogP contribution is -2.44. The summed E-state index contributed by atoms with van der Waals surface area (Å²) in [6.45, 7) is 5.64. The fraction of sp³-hybridized carbons (Fsp3) is 0.625. The van der Waals surface area contributed by atoms with E-state index in [2.05, 4.69) is 5.32 Å². The molecule has 2 bridgehead atoms. The Labute approximate surface area is 247 Å². The highest BCUT2D eigenvalue weighted by Crippen LogP contribution is 2.45. The topological polar surface area (TPSA) is 113 Å². The first-order valence-corrected chi connectivity index (χ1v) is 15.3. The van der Waals surface area contributed by atoms with E-state index in [4.69, 9.17) is 24.1 Å². The molecule has 1 aliphatic heterocycles. The molecule has 1 aromatic heterocycles. The quantitative estimate of drug-likeness (QED) is 0.329. The highest BCUT2D eigenvalue weighted by Gasteiger charge is 2.43. The van der Waals surface area contributed by atoms with Crippen molar-refractivity contribution in [3.05, 3.63) is 63.8 Å². The number of carbonyl (C=O) groups is 1. The Hall–Kier alpha value is -2.92. The molecular weight excluding hydrogens is 538 g/mol. The predicted octanol–water partition coefficient (Wildman–Crippen LogP) is 3.18. The monoisotopic (exact) mass is 583 g/mol. The van der Waals surface area contributed by atoms with E-state index in [0.29, 0.717) is 50.2 Å². The van der Waals surface area contributed by atoms with Crippen LogP contribution in [0.2, 0.25) is 0 Å². The van der Waals surface area contributed by atoms with Gasteiger partial charge in [0.15, 0.2) is 5.76 Å². The highest BCUT2D eigenvalue weighted by atomic mass is 16.7. The molecule has 2 fully saturated rings. The van der Waals surface area contributed by atoms with Gasteiger partial charge in [0.2, 0.25) is 6.29 Å². The zero-order chi connectivity index (χ0) is 29.6. The minimum absolute atomic E-state index is 0.0295. The Morgan fingerprint density at radius 3 is 2.52 bits per heavy atom. The zero-order valence-corrected chi connectivity index (χ0v) is 25.0. The fourth-order valence-electron chi connectivity index (χ4n) is 7.01. The van der Waals surface area contributed by atoms with E-state index in [9.17, 15) is 9.59 Å². The van der Waals surface area contributed by atoms with E-state index in [1.54, 1.807) is 4.68 Å². The molecule has 3 aliphatic rings. The number of amides is 1. The third kappa shape index (κ3) is 6.51. The molecule has 2 heterocycles. The first kappa shape index (κ1) is 30.5. The number of hydrogen-bond donors (Lipinski definition) is 2. The second-order valence-electron chi connectivity index (χ2n) is 11.6. The van der Waals surface area contributed by atoms with Gasteiger partial charge in [-0.1, -0.05) is 24.6 Å². The largest absolute Gasteiger partial charge is 0.459 e. The molecule has 0 saturated heterocycles. The molecular formula is C32H45N3O7. The molecule has 0 radical (unpaired) electrons. The second-order valence-corrected chi connectivity index (χ2v) is 11.6. The first-order chi connectivity index (χ1) is 20.4. The van der Waals surface area contributed by atoms with Crippen molar-refractivity contribution in [2.45, 2.75) is 64.2 Å². The molecule has 42 heavy (non-hydrogen) atoms. The molecule has 5 rings (SSSR count). The molecule has 6 atom stereocenters. The molecule has 3 unspecified atom stereocenters. The van der Waals surface area contributed by atoms with Gasteiger partial charge in [0.25, 0.3) is 11.5 Å². The van der Waals surface area contributed by atoms with Crippen LogP contribution < -0.4 is 10.9 Å². The Balaban J connectivity index is 1.45. The van der Waals surface area contributed by atoms with Gasteiger partial charge >= 0.3 is 0 Å². The predicted molar refractivity (Wildman–Crippen MR) is 157 cm³/mol. The minimum Gasteiger partial charge on any atom is -0.459 e. The van der Waals surface area contributed by atoms with E-state index in [0.717, 1.165) is 24.2 Å². The van der Waals surface area contributed by atoms with Gasteiger partial charge in [-0.05, 0) is 69.6 Å². The third-order valence-corrected chi connectivity index (χ3v) is 9.13. The van der Waals surface area contributed by atoms with Crippen LogP contribution in [0.25, 0.3) is 5.69 Å². The summed E-state index contributed by atoms with van der Waals surface area (Å²) in [4.78, 5) is 27.7. The number of carbonyl (C=O) groups excluding carboxylic acids is 1. The molecule has 230 valence electrons. The summed E-state index contributed by atoms with van der Waals surface area (Å²) in [6, 6.07) is 9.72. The molecule has 2 saturated carbocycles. The minimum atomic E-state index is -0.718. The second kappa shape index (κ2) is 14.0. The first-order valence-electron chi connectivity index (χ1n) is 15.3. The number of aromatic nitrogens is 2. The van der Waals surface area contributed by atoms with Crippen LogP contribution in [0.4, 0.5) is 0 Å². The lowest BCUT2D eigenvalue weighted by atomic mass is 9.81. The van der Waals surface area contributed by atoms with Gasteiger partial charge < -0.3 is 29.4 Å². The number of aliphatic hydroxyl groups excluding tert-OH is 1. The molecule has 10 heteroatoms. The number of nitrogens with zero attached hydrogens (tertiary/aromatic N) is 2. The van der Waals surface area contributed by atoms with Crippen molar-refractivity contribution in [2.75, 3.05) is 39.6 Å². The Morgan fingerprint density at radius 1 is 1.10 bits per heavy atom. The summed E-state index contributed by atoms with van der Waals surface area (Å²) in [5.41, 5.74) is 2.08. The maximum atomic E-state index is 14.1. The maximum Gasteiger partial charge on any atom is 0.286 e. The number of aliphatic hydroxyl groups is 1. The van der Waals surface area contributed by atoms with Crippen LogP contribution in [0.5, 0.6) is 0 Å². The summed E-state index contributed by atoms with van der Waals surface area (Å²) >= 11 is 0. The normalized spacial score (nSPS) is 26.7. The van der Waals surface area contributed by atoms with Crippen molar-refractivity contribution in [1.82, 2.24) is 14.7 Å². The van der Waals surface area contributed by atoms with E-state index in [1.807, 2.05) is 62.0 Å². The number of ether oxygens (including phenoxy) is 4. The average molecular weight is 584 g/mol. The zero-order valence-electron chi connectivity index (χ0n) is 25.0. The Morgan fingerprint density at radius 2 is 1.86 bits per heavy atom. The van der Waals surface area contributed by atoms with E-state index >= 15 is 0 Å². The van der Waals surface area contributed by atoms with E-state index in [1.165, 1.54) is 12.8 Å². The number of rotatable bonds is 14. The molecule has 0 spiro atoms. The lowest BCUT2D eigenvalue weighted by molar-refractivity contribution is -0.168. The maximum absolute atomic E-state index is 14.1. The molecule has 2 aliphatic carbocycles. The van der Waals surface area contributed by atoms with Crippen LogP contribution in [0.1, 0.15) is 56.2 Å². The van der Waals surface area contributed by atoms with E-state index in [-0.39, 0.29) is 42.4 Å². The van der Waals surface area contributed by atoms with Crippen LogP contribution >= 0.6 is 0 Å². The van der Waals surface area contributed by atoms with Crippen molar-refractivity contribution in [2.24, 2.45) is 24.8 Å². The van der Waals surface area contributed by atoms with Gasteiger partial charge in [-0.2, -0.15) is 0 Å².